The monoisotopic (exact) mass is 1060 g/mol. The summed E-state index contributed by atoms with van der Waals surface area (Å²) in [6, 6.07) is 81.6. The number of nitrogens with zero attached hydrogens (tertiary/aromatic N) is 2. The SMILES string of the molecule is CC(C)(C)c1ccc(N(c2ccccc2)c2ccc3c(c2)C(c2ccc(C(C)(C)C)cc2)(c2ccc4oc5ccc(C(C)(C)C)cc5c4c2)c2cc(N(c4ccccc4)c4ccc(C(C)(C)C)cc4)c4c(oc5ccccc54)c2-3)cc1. The molecule has 1 unspecified atom stereocenters. The lowest BCUT2D eigenvalue weighted by Gasteiger charge is -2.36. The third kappa shape index (κ3) is 8.65. The lowest BCUT2D eigenvalue weighted by atomic mass is 9.66. The van der Waals surface area contributed by atoms with Crippen LogP contribution in [-0.4, -0.2) is 0 Å². The van der Waals surface area contributed by atoms with E-state index < -0.39 is 5.41 Å². The maximum atomic E-state index is 7.47. The van der Waals surface area contributed by atoms with Gasteiger partial charge in [-0.15, -0.1) is 0 Å². The van der Waals surface area contributed by atoms with Gasteiger partial charge >= 0.3 is 0 Å². The highest BCUT2D eigenvalue weighted by Crippen LogP contribution is 2.62. The minimum atomic E-state index is -0.907. The van der Waals surface area contributed by atoms with Crippen LogP contribution in [-0.2, 0) is 27.1 Å². The van der Waals surface area contributed by atoms with Gasteiger partial charge < -0.3 is 18.6 Å². The number of anilines is 6. The van der Waals surface area contributed by atoms with Crippen molar-refractivity contribution in [2.45, 2.75) is 110 Å². The third-order valence-electron chi connectivity index (χ3n) is 17.2. The summed E-state index contributed by atoms with van der Waals surface area (Å²) in [7, 11) is 0. The molecule has 0 radical (unpaired) electrons. The van der Waals surface area contributed by atoms with Gasteiger partial charge in [0.15, 0.2) is 0 Å². The van der Waals surface area contributed by atoms with E-state index in [2.05, 4.69) is 311 Å². The van der Waals surface area contributed by atoms with Crippen LogP contribution in [0.2, 0.25) is 0 Å². The summed E-state index contributed by atoms with van der Waals surface area (Å²) < 4.78 is 14.3. The Morgan fingerprint density at radius 3 is 1.35 bits per heavy atom. The third-order valence-corrected chi connectivity index (χ3v) is 17.2. The number of para-hydroxylation sites is 3. The molecule has 0 N–H and O–H groups in total. The number of hydrogen-bond acceptors (Lipinski definition) is 4. The van der Waals surface area contributed by atoms with Crippen LogP contribution >= 0.6 is 0 Å². The van der Waals surface area contributed by atoms with Crippen LogP contribution in [0.25, 0.3) is 55.0 Å². The summed E-state index contributed by atoms with van der Waals surface area (Å²) in [5.41, 5.74) is 20.7. The van der Waals surface area contributed by atoms with Gasteiger partial charge in [-0.2, -0.15) is 0 Å². The largest absolute Gasteiger partial charge is 0.456 e. The van der Waals surface area contributed by atoms with Crippen molar-refractivity contribution >= 4 is 78.0 Å². The van der Waals surface area contributed by atoms with Gasteiger partial charge in [-0.25, -0.2) is 0 Å². The van der Waals surface area contributed by atoms with Crippen LogP contribution in [0.3, 0.4) is 0 Å². The maximum Gasteiger partial charge on any atom is 0.145 e. The van der Waals surface area contributed by atoms with Crippen molar-refractivity contribution in [1.82, 2.24) is 0 Å². The Balaban J connectivity index is 1.20. The molecule has 81 heavy (non-hydrogen) atoms. The molecule has 0 spiro atoms. The fourth-order valence-electron chi connectivity index (χ4n) is 12.7. The number of hydrogen-bond donors (Lipinski definition) is 0. The topological polar surface area (TPSA) is 32.8 Å². The summed E-state index contributed by atoms with van der Waals surface area (Å²) in [6.07, 6.45) is 0. The second kappa shape index (κ2) is 18.7. The molecule has 4 nitrogen and oxygen atoms in total. The molecule has 402 valence electrons. The van der Waals surface area contributed by atoms with E-state index in [1.807, 2.05) is 0 Å². The first kappa shape index (κ1) is 51.8. The van der Waals surface area contributed by atoms with Gasteiger partial charge in [0.05, 0.1) is 16.5 Å². The minimum Gasteiger partial charge on any atom is -0.456 e. The molecule has 0 fully saturated rings. The van der Waals surface area contributed by atoms with Crippen LogP contribution in [0.15, 0.2) is 227 Å². The van der Waals surface area contributed by atoms with Crippen molar-refractivity contribution in [3.8, 4) is 11.1 Å². The molecular formula is C77H72N2O2. The van der Waals surface area contributed by atoms with Crippen molar-refractivity contribution in [2.75, 3.05) is 9.80 Å². The molecule has 2 heterocycles. The van der Waals surface area contributed by atoms with Gasteiger partial charge in [-0.05, 0) is 169 Å². The second-order valence-corrected chi connectivity index (χ2v) is 26.6. The van der Waals surface area contributed by atoms with Crippen LogP contribution in [0.1, 0.15) is 128 Å². The van der Waals surface area contributed by atoms with Crippen molar-refractivity contribution in [1.29, 1.82) is 0 Å². The summed E-state index contributed by atoms with van der Waals surface area (Å²) in [4.78, 5) is 4.88. The van der Waals surface area contributed by atoms with Gasteiger partial charge in [0.2, 0.25) is 0 Å². The lowest BCUT2D eigenvalue weighted by molar-refractivity contribution is 0.589. The molecule has 0 saturated heterocycles. The molecule has 4 heteroatoms. The Bertz CT molecular complexity index is 4340. The minimum absolute atomic E-state index is 0.000132. The van der Waals surface area contributed by atoms with Gasteiger partial charge in [0.25, 0.3) is 0 Å². The summed E-state index contributed by atoms with van der Waals surface area (Å²) in [6.45, 7) is 27.4. The smallest absolute Gasteiger partial charge is 0.145 e. The summed E-state index contributed by atoms with van der Waals surface area (Å²) >= 11 is 0. The van der Waals surface area contributed by atoms with Gasteiger partial charge in [0, 0.05) is 50.2 Å². The van der Waals surface area contributed by atoms with E-state index in [4.69, 9.17) is 8.83 Å². The van der Waals surface area contributed by atoms with Gasteiger partial charge in [-0.3, -0.25) is 0 Å². The van der Waals surface area contributed by atoms with Crippen molar-refractivity contribution < 1.29 is 8.83 Å². The molecule has 1 aliphatic carbocycles. The molecule has 10 aromatic carbocycles. The van der Waals surface area contributed by atoms with E-state index in [0.29, 0.717) is 0 Å². The zero-order valence-corrected chi connectivity index (χ0v) is 49.0. The van der Waals surface area contributed by atoms with Gasteiger partial charge in [-0.1, -0.05) is 204 Å². The second-order valence-electron chi connectivity index (χ2n) is 26.6. The first-order chi connectivity index (χ1) is 38.7. The highest BCUT2D eigenvalue weighted by molar-refractivity contribution is 6.19. The molecule has 1 atom stereocenters. The highest BCUT2D eigenvalue weighted by atomic mass is 16.3. The van der Waals surface area contributed by atoms with Crippen LogP contribution < -0.4 is 9.80 Å². The molecule has 13 rings (SSSR count). The highest BCUT2D eigenvalue weighted by Gasteiger charge is 2.49. The van der Waals surface area contributed by atoms with Crippen molar-refractivity contribution in [3.05, 3.63) is 263 Å². The number of fused-ring (bicyclic) bond motifs is 10. The lowest BCUT2D eigenvalue weighted by Crippen LogP contribution is -2.29. The Morgan fingerprint density at radius 1 is 0.321 bits per heavy atom. The molecule has 2 aromatic heterocycles. The Hall–Kier alpha value is -8.60. The van der Waals surface area contributed by atoms with Crippen molar-refractivity contribution in [3.63, 3.8) is 0 Å². The molecule has 1 aliphatic rings. The van der Waals surface area contributed by atoms with E-state index in [1.165, 1.54) is 27.8 Å². The average molecular weight is 1060 g/mol. The maximum absolute atomic E-state index is 7.47. The Morgan fingerprint density at radius 2 is 0.765 bits per heavy atom. The summed E-state index contributed by atoms with van der Waals surface area (Å²) in [5, 5.41) is 4.33. The number of furan rings is 2. The predicted octanol–water partition coefficient (Wildman–Crippen LogP) is 22.0. The van der Waals surface area contributed by atoms with E-state index in [-0.39, 0.29) is 21.7 Å². The fourth-order valence-corrected chi connectivity index (χ4v) is 12.7. The number of benzene rings is 10. The van der Waals surface area contributed by atoms with E-state index in [1.54, 1.807) is 0 Å². The van der Waals surface area contributed by atoms with Crippen LogP contribution in [0, 0.1) is 0 Å². The molecule has 0 saturated carbocycles. The first-order valence-electron chi connectivity index (χ1n) is 28.8. The molecule has 12 aromatic rings. The van der Waals surface area contributed by atoms with Crippen LogP contribution in [0.4, 0.5) is 34.1 Å². The average Bonchev–Trinajstić information content (AvgIpc) is 1.92. The fraction of sp³-hybridized carbons (Fsp3) is 0.221. The van der Waals surface area contributed by atoms with E-state index in [9.17, 15) is 0 Å². The Labute approximate surface area is 478 Å². The predicted molar refractivity (Wildman–Crippen MR) is 342 cm³/mol. The quantitative estimate of drug-likeness (QED) is 0.152. The molecule has 0 amide bonds. The zero-order chi connectivity index (χ0) is 56.4. The number of rotatable bonds is 8. The van der Waals surface area contributed by atoms with E-state index >= 15 is 0 Å². The van der Waals surface area contributed by atoms with Crippen LogP contribution in [0.5, 0.6) is 0 Å². The normalized spacial score (nSPS) is 14.7. The zero-order valence-electron chi connectivity index (χ0n) is 49.0. The first-order valence-corrected chi connectivity index (χ1v) is 28.8. The Kier molecular flexibility index (Phi) is 12.0. The standard InChI is InChI=1S/C77H72N2O2/c1-73(2,3)49-27-29-52(30-28-49)77(54-36-44-69-63(46-54)62-45-53(76(10,11)12)35-43-68(62)80-69)64-47-59(78(55-21-15-13-16-22-55)57-37-31-50(32-38-57)74(4,5)6)41-42-60(64)70-65(77)48-66(71-61-25-19-20-26-67(61)81-72(70)71)79(56-23-17-14-18-24-56)58-39-33-51(34-40-58)75(7,8)9/h13-48H,1-12H3. The van der Waals surface area contributed by atoms with Crippen molar-refractivity contribution in [2.24, 2.45) is 0 Å². The van der Waals surface area contributed by atoms with E-state index in [0.717, 1.165) is 106 Å². The molecule has 0 bridgehead atoms. The molecule has 0 aliphatic heterocycles. The summed E-state index contributed by atoms with van der Waals surface area (Å²) in [5.74, 6) is 0. The molecular weight excluding hydrogens is 985 g/mol. The van der Waals surface area contributed by atoms with Gasteiger partial charge in [0.1, 0.15) is 22.3 Å².